The van der Waals surface area contributed by atoms with Crippen LogP contribution in [0.5, 0.6) is 0 Å². The molecule has 1 N–H and O–H groups in total. The summed E-state index contributed by atoms with van der Waals surface area (Å²) in [5.41, 5.74) is 1.15. The van der Waals surface area contributed by atoms with E-state index in [2.05, 4.69) is 24.4 Å². The van der Waals surface area contributed by atoms with Crippen molar-refractivity contribution in [1.82, 2.24) is 5.32 Å². The topological polar surface area (TPSA) is 55.2 Å². The first kappa shape index (κ1) is 12.4. The molecule has 1 aromatic rings. The van der Waals surface area contributed by atoms with Crippen LogP contribution < -0.4 is 5.32 Å². The summed E-state index contributed by atoms with van der Waals surface area (Å²) in [7, 11) is 0. The summed E-state index contributed by atoms with van der Waals surface area (Å²) in [5, 5.41) is 14.4. The lowest BCUT2D eigenvalue weighted by Crippen LogP contribution is -2.48. The van der Waals surface area contributed by atoms with Crippen LogP contribution in [0.3, 0.4) is 0 Å². The van der Waals surface area contributed by atoms with Crippen molar-refractivity contribution >= 4 is 5.69 Å². The van der Waals surface area contributed by atoms with Crippen molar-refractivity contribution in [3.05, 3.63) is 52.1 Å². The Bertz CT molecular complexity index is 527. The molecule has 0 bridgehead atoms. The zero-order valence-electron chi connectivity index (χ0n) is 11.0. The lowest BCUT2D eigenvalue weighted by molar-refractivity contribution is -0.384. The van der Waals surface area contributed by atoms with Crippen molar-refractivity contribution in [2.24, 2.45) is 11.8 Å². The molecule has 0 amide bonds. The Morgan fingerprint density at radius 1 is 1.47 bits per heavy atom. The molecule has 0 spiro atoms. The predicted octanol–water partition coefficient (Wildman–Crippen LogP) is 3.21. The van der Waals surface area contributed by atoms with Gasteiger partial charge in [-0.25, -0.2) is 0 Å². The molecule has 0 radical (unpaired) electrons. The van der Waals surface area contributed by atoms with Crippen molar-refractivity contribution < 1.29 is 4.92 Å². The van der Waals surface area contributed by atoms with E-state index in [1.165, 1.54) is 18.9 Å². The van der Waals surface area contributed by atoms with E-state index in [1.54, 1.807) is 12.1 Å². The fourth-order valence-electron chi connectivity index (χ4n) is 3.23. The summed E-state index contributed by atoms with van der Waals surface area (Å²) in [4.78, 5) is 10.5. The van der Waals surface area contributed by atoms with E-state index in [1.807, 2.05) is 6.07 Å². The Morgan fingerprint density at radius 2 is 2.32 bits per heavy atom. The van der Waals surface area contributed by atoms with Crippen molar-refractivity contribution in [2.75, 3.05) is 0 Å². The van der Waals surface area contributed by atoms with Crippen LogP contribution in [0.2, 0.25) is 0 Å². The highest BCUT2D eigenvalue weighted by atomic mass is 16.6. The minimum atomic E-state index is -0.338. The minimum absolute atomic E-state index is 0.153. The number of benzene rings is 1. The van der Waals surface area contributed by atoms with Crippen LogP contribution in [0.25, 0.3) is 0 Å². The largest absolute Gasteiger partial charge is 0.307 e. The van der Waals surface area contributed by atoms with E-state index in [4.69, 9.17) is 0 Å². The Kier molecular flexibility index (Phi) is 3.11. The van der Waals surface area contributed by atoms with Gasteiger partial charge in [-0.1, -0.05) is 24.3 Å². The van der Waals surface area contributed by atoms with Crippen LogP contribution in [0.1, 0.15) is 31.4 Å². The Morgan fingerprint density at radius 3 is 3.05 bits per heavy atom. The number of nitro groups is 1. The molecule has 2 aliphatic rings. The summed E-state index contributed by atoms with van der Waals surface area (Å²) < 4.78 is 0. The summed E-state index contributed by atoms with van der Waals surface area (Å²) in [6, 6.07) is 7.58. The van der Waals surface area contributed by atoms with Crippen molar-refractivity contribution in [2.45, 2.75) is 31.8 Å². The van der Waals surface area contributed by atoms with Gasteiger partial charge in [-0.05, 0) is 37.2 Å². The quantitative estimate of drug-likeness (QED) is 0.512. The van der Waals surface area contributed by atoms with Gasteiger partial charge in [0, 0.05) is 24.2 Å². The van der Waals surface area contributed by atoms with Crippen molar-refractivity contribution in [3.63, 3.8) is 0 Å². The highest BCUT2D eigenvalue weighted by molar-refractivity contribution is 5.35. The summed E-state index contributed by atoms with van der Waals surface area (Å²) in [5.74, 6) is 1.50. The number of allylic oxidation sites excluding steroid dienone is 1. The minimum Gasteiger partial charge on any atom is -0.307 e. The molecule has 1 fully saturated rings. The van der Waals surface area contributed by atoms with Crippen LogP contribution in [0.4, 0.5) is 5.69 Å². The summed E-state index contributed by atoms with van der Waals surface area (Å²) in [6.07, 6.45) is 7.02. The maximum absolute atomic E-state index is 10.8. The van der Waals surface area contributed by atoms with E-state index in [0.29, 0.717) is 12.0 Å². The number of hydrogen-bond acceptors (Lipinski definition) is 3. The second-order valence-electron chi connectivity index (χ2n) is 5.58. The lowest BCUT2D eigenvalue weighted by atomic mass is 9.71. The molecule has 3 rings (SSSR count). The van der Waals surface area contributed by atoms with Gasteiger partial charge in [-0.15, -0.1) is 0 Å². The van der Waals surface area contributed by atoms with Gasteiger partial charge in [0.2, 0.25) is 0 Å². The van der Waals surface area contributed by atoms with Gasteiger partial charge in [0.25, 0.3) is 5.69 Å². The summed E-state index contributed by atoms with van der Waals surface area (Å²) in [6.45, 7) is 2.07. The first-order chi connectivity index (χ1) is 9.15. The molecular weight excluding hydrogens is 240 g/mol. The second-order valence-corrected chi connectivity index (χ2v) is 5.58. The van der Waals surface area contributed by atoms with Gasteiger partial charge in [0.05, 0.1) is 4.92 Å². The Labute approximate surface area is 112 Å². The van der Waals surface area contributed by atoms with Crippen LogP contribution in [0.15, 0.2) is 36.4 Å². The highest BCUT2D eigenvalue weighted by Gasteiger charge is 2.41. The fraction of sp³-hybridized carbons (Fsp3) is 0.467. The first-order valence-corrected chi connectivity index (χ1v) is 6.82. The SMILES string of the molecule is CC(NC1CC2CC=CC21)c1cccc([N+](=O)[O-])c1. The van der Waals surface area contributed by atoms with E-state index in [-0.39, 0.29) is 16.7 Å². The number of hydrogen-bond donors (Lipinski definition) is 1. The van der Waals surface area contributed by atoms with Crippen LogP contribution in [-0.4, -0.2) is 11.0 Å². The highest BCUT2D eigenvalue weighted by Crippen LogP contribution is 2.43. The molecular formula is C15H18N2O2. The lowest BCUT2D eigenvalue weighted by Gasteiger charge is -2.42. The number of non-ortho nitro benzene ring substituents is 1. The maximum Gasteiger partial charge on any atom is 0.269 e. The van der Waals surface area contributed by atoms with Crippen LogP contribution in [0, 0.1) is 22.0 Å². The second kappa shape index (κ2) is 4.78. The molecule has 4 nitrogen and oxygen atoms in total. The first-order valence-electron chi connectivity index (χ1n) is 6.82. The average Bonchev–Trinajstić information content (AvgIpc) is 2.77. The Balaban J connectivity index is 1.67. The smallest absolute Gasteiger partial charge is 0.269 e. The normalized spacial score (nSPS) is 29.6. The third kappa shape index (κ3) is 2.28. The van der Waals surface area contributed by atoms with Crippen molar-refractivity contribution in [1.29, 1.82) is 0 Å². The van der Waals surface area contributed by atoms with Gasteiger partial charge in [-0.2, -0.15) is 0 Å². The number of nitro benzene ring substituents is 1. The number of fused-ring (bicyclic) bond motifs is 1. The van der Waals surface area contributed by atoms with Gasteiger partial charge >= 0.3 is 0 Å². The standard InChI is InChI=1S/C15H18N2O2/c1-10(11-4-2-6-13(8-11)17(18)19)16-15-9-12-5-3-7-14(12)15/h2-4,6-8,10,12,14-16H,5,9H2,1H3. The number of rotatable bonds is 4. The molecule has 100 valence electrons. The Hall–Kier alpha value is -1.68. The number of nitrogens with zero attached hydrogens (tertiary/aromatic N) is 1. The molecule has 1 saturated carbocycles. The molecule has 4 heteroatoms. The summed E-state index contributed by atoms with van der Waals surface area (Å²) >= 11 is 0. The molecule has 0 heterocycles. The van der Waals surface area contributed by atoms with E-state index < -0.39 is 0 Å². The van der Waals surface area contributed by atoms with Crippen LogP contribution in [-0.2, 0) is 0 Å². The van der Waals surface area contributed by atoms with Gasteiger partial charge in [0.1, 0.15) is 0 Å². The molecule has 1 aromatic carbocycles. The zero-order valence-corrected chi connectivity index (χ0v) is 11.0. The van der Waals surface area contributed by atoms with Gasteiger partial charge in [0.15, 0.2) is 0 Å². The molecule has 0 saturated heterocycles. The van der Waals surface area contributed by atoms with Crippen molar-refractivity contribution in [3.8, 4) is 0 Å². The van der Waals surface area contributed by atoms with E-state index in [0.717, 1.165) is 11.5 Å². The van der Waals surface area contributed by atoms with Gasteiger partial charge in [-0.3, -0.25) is 10.1 Å². The fourth-order valence-corrected chi connectivity index (χ4v) is 3.23. The van der Waals surface area contributed by atoms with Gasteiger partial charge < -0.3 is 5.32 Å². The molecule has 0 aliphatic heterocycles. The molecule has 4 unspecified atom stereocenters. The molecule has 19 heavy (non-hydrogen) atoms. The molecule has 4 atom stereocenters. The van der Waals surface area contributed by atoms with E-state index in [9.17, 15) is 10.1 Å². The van der Waals surface area contributed by atoms with E-state index >= 15 is 0 Å². The molecule has 0 aromatic heterocycles. The zero-order chi connectivity index (χ0) is 13.4. The average molecular weight is 258 g/mol. The van der Waals surface area contributed by atoms with Crippen LogP contribution >= 0.6 is 0 Å². The molecule has 2 aliphatic carbocycles. The third-order valence-electron chi connectivity index (χ3n) is 4.41. The predicted molar refractivity (Wildman–Crippen MR) is 73.8 cm³/mol. The number of nitrogens with one attached hydrogen (secondary N) is 1. The third-order valence-corrected chi connectivity index (χ3v) is 4.41. The maximum atomic E-state index is 10.8. The monoisotopic (exact) mass is 258 g/mol.